The largest absolute Gasteiger partial charge is 0.312 e. The van der Waals surface area contributed by atoms with Crippen molar-refractivity contribution in [3.8, 4) is 0 Å². The molecule has 2 aromatic carbocycles. The van der Waals surface area contributed by atoms with Gasteiger partial charge in [-0.3, -0.25) is 4.21 Å². The monoisotopic (exact) mass is 351 g/mol. The third-order valence-electron chi connectivity index (χ3n) is 3.31. The molecule has 3 atom stereocenters. The number of halogens is 1. The van der Waals surface area contributed by atoms with Crippen LogP contribution in [0.1, 0.15) is 18.5 Å². The predicted octanol–water partition coefficient (Wildman–Crippen LogP) is 3.91. The summed E-state index contributed by atoms with van der Waals surface area (Å²) in [6, 6.07) is 17.9. The number of hydrogen-bond acceptors (Lipinski definition) is 2. The van der Waals surface area contributed by atoms with Crippen molar-refractivity contribution in [2.75, 3.05) is 7.05 Å². The van der Waals surface area contributed by atoms with Gasteiger partial charge in [0.2, 0.25) is 0 Å². The van der Waals surface area contributed by atoms with Crippen molar-refractivity contribution >= 4 is 26.7 Å². The summed E-state index contributed by atoms with van der Waals surface area (Å²) < 4.78 is 13.7. The van der Waals surface area contributed by atoms with Crippen molar-refractivity contribution in [3.63, 3.8) is 0 Å². The van der Waals surface area contributed by atoms with Crippen molar-refractivity contribution in [2.24, 2.45) is 0 Å². The molecule has 4 heteroatoms. The van der Waals surface area contributed by atoms with Crippen LogP contribution >= 0.6 is 15.9 Å². The molecule has 0 bridgehead atoms. The van der Waals surface area contributed by atoms with Crippen molar-refractivity contribution in [3.05, 3.63) is 64.6 Å². The van der Waals surface area contributed by atoms with Crippen LogP contribution in [-0.2, 0) is 10.8 Å². The van der Waals surface area contributed by atoms with Crippen LogP contribution in [0.5, 0.6) is 0 Å². The van der Waals surface area contributed by atoms with Gasteiger partial charge >= 0.3 is 0 Å². The van der Waals surface area contributed by atoms with Crippen LogP contribution in [0.25, 0.3) is 0 Å². The van der Waals surface area contributed by atoms with Gasteiger partial charge in [0.25, 0.3) is 0 Å². The van der Waals surface area contributed by atoms with E-state index in [1.54, 1.807) is 0 Å². The second kappa shape index (κ2) is 7.16. The number of benzene rings is 2. The molecule has 0 saturated carbocycles. The predicted molar refractivity (Wildman–Crippen MR) is 88.3 cm³/mol. The number of rotatable bonds is 5. The van der Waals surface area contributed by atoms with Crippen LogP contribution in [-0.4, -0.2) is 16.5 Å². The summed E-state index contributed by atoms with van der Waals surface area (Å²) in [6.45, 7) is 2.02. The summed E-state index contributed by atoms with van der Waals surface area (Å²) in [5.41, 5.74) is 1.16. The van der Waals surface area contributed by atoms with E-state index in [4.69, 9.17) is 0 Å². The first kappa shape index (κ1) is 15.4. The standard InChI is InChI=1S/C16H18BrNOS/c1-12(16(18-2)13-7-4-3-5-8-13)20(19)15-10-6-9-14(17)11-15/h3-12,16,18H,1-2H3. The van der Waals surface area contributed by atoms with Gasteiger partial charge in [-0.25, -0.2) is 0 Å². The minimum atomic E-state index is -1.06. The van der Waals surface area contributed by atoms with Gasteiger partial charge in [0.15, 0.2) is 0 Å². The minimum absolute atomic E-state index is 0.0169. The first-order chi connectivity index (χ1) is 9.63. The maximum atomic E-state index is 12.7. The number of nitrogens with one attached hydrogen (secondary N) is 1. The van der Waals surface area contributed by atoms with E-state index in [-0.39, 0.29) is 11.3 Å². The Balaban J connectivity index is 2.25. The fraction of sp³-hybridized carbons (Fsp3) is 0.250. The van der Waals surface area contributed by atoms with Gasteiger partial charge in [0.1, 0.15) is 0 Å². The summed E-state index contributed by atoms with van der Waals surface area (Å²) in [4.78, 5) is 0.850. The molecule has 0 aliphatic carbocycles. The highest BCUT2D eigenvalue weighted by molar-refractivity contribution is 9.10. The number of hydrogen-bond donors (Lipinski definition) is 1. The van der Waals surface area contributed by atoms with Gasteiger partial charge in [-0.1, -0.05) is 52.3 Å². The molecule has 0 aliphatic rings. The van der Waals surface area contributed by atoms with E-state index in [0.29, 0.717) is 0 Å². The van der Waals surface area contributed by atoms with Gasteiger partial charge < -0.3 is 5.32 Å². The molecular formula is C16H18BrNOS. The molecule has 2 rings (SSSR count). The van der Waals surface area contributed by atoms with Gasteiger partial charge in [-0.15, -0.1) is 0 Å². The lowest BCUT2D eigenvalue weighted by molar-refractivity contribution is 0.570. The van der Waals surface area contributed by atoms with Crippen molar-refractivity contribution in [2.45, 2.75) is 23.1 Å². The van der Waals surface area contributed by atoms with Crippen LogP contribution in [0, 0.1) is 0 Å². The van der Waals surface area contributed by atoms with E-state index >= 15 is 0 Å². The molecule has 0 aliphatic heterocycles. The van der Waals surface area contributed by atoms with E-state index < -0.39 is 10.8 Å². The first-order valence-corrected chi connectivity index (χ1v) is 8.52. The highest BCUT2D eigenvalue weighted by Crippen LogP contribution is 2.25. The topological polar surface area (TPSA) is 29.1 Å². The zero-order valence-electron chi connectivity index (χ0n) is 11.5. The average molecular weight is 352 g/mol. The van der Waals surface area contributed by atoms with Crippen molar-refractivity contribution < 1.29 is 4.21 Å². The van der Waals surface area contributed by atoms with Crippen molar-refractivity contribution in [1.82, 2.24) is 5.32 Å². The zero-order valence-corrected chi connectivity index (χ0v) is 13.9. The second-order valence-electron chi connectivity index (χ2n) is 4.64. The second-order valence-corrected chi connectivity index (χ2v) is 7.36. The molecule has 2 nitrogen and oxygen atoms in total. The molecule has 0 heterocycles. The minimum Gasteiger partial charge on any atom is -0.312 e. The molecular weight excluding hydrogens is 334 g/mol. The van der Waals surface area contributed by atoms with Crippen LogP contribution in [0.3, 0.4) is 0 Å². The molecule has 0 amide bonds. The van der Waals surface area contributed by atoms with Crippen LogP contribution in [0.2, 0.25) is 0 Å². The normalized spacial score (nSPS) is 15.6. The Hall–Kier alpha value is -0.970. The lowest BCUT2D eigenvalue weighted by Gasteiger charge is -2.23. The lowest BCUT2D eigenvalue weighted by Crippen LogP contribution is -2.30. The maximum absolute atomic E-state index is 12.7. The van der Waals surface area contributed by atoms with E-state index in [1.165, 1.54) is 0 Å². The molecule has 2 aromatic rings. The van der Waals surface area contributed by atoms with Crippen LogP contribution in [0.15, 0.2) is 64.0 Å². The van der Waals surface area contributed by atoms with E-state index in [9.17, 15) is 4.21 Å². The summed E-state index contributed by atoms with van der Waals surface area (Å²) >= 11 is 3.43. The lowest BCUT2D eigenvalue weighted by atomic mass is 10.0. The third-order valence-corrected chi connectivity index (χ3v) is 5.46. The maximum Gasteiger partial charge on any atom is 0.0577 e. The zero-order chi connectivity index (χ0) is 14.5. The Morgan fingerprint density at radius 1 is 1.10 bits per heavy atom. The molecule has 0 aromatic heterocycles. The highest BCUT2D eigenvalue weighted by Gasteiger charge is 2.24. The molecule has 0 fully saturated rings. The van der Waals surface area contributed by atoms with Crippen molar-refractivity contribution in [1.29, 1.82) is 0 Å². The van der Waals surface area contributed by atoms with E-state index in [0.717, 1.165) is 14.9 Å². The smallest absolute Gasteiger partial charge is 0.0577 e. The molecule has 0 radical (unpaired) electrons. The fourth-order valence-electron chi connectivity index (χ4n) is 2.26. The van der Waals surface area contributed by atoms with Crippen LogP contribution in [0.4, 0.5) is 0 Å². The summed E-state index contributed by atoms with van der Waals surface area (Å²) in [5.74, 6) is 0. The average Bonchev–Trinajstić information content (AvgIpc) is 2.48. The Kier molecular flexibility index (Phi) is 5.52. The Morgan fingerprint density at radius 3 is 2.40 bits per heavy atom. The van der Waals surface area contributed by atoms with Crippen LogP contribution < -0.4 is 5.32 Å². The summed E-state index contributed by atoms with van der Waals surface area (Å²) in [5, 5.41) is 3.26. The molecule has 0 spiro atoms. The third kappa shape index (κ3) is 3.57. The van der Waals surface area contributed by atoms with Gasteiger partial charge in [0.05, 0.1) is 16.0 Å². The molecule has 1 N–H and O–H groups in total. The molecule has 0 saturated heterocycles. The molecule has 20 heavy (non-hydrogen) atoms. The van der Waals surface area contributed by atoms with E-state index in [1.807, 2.05) is 56.4 Å². The quantitative estimate of drug-likeness (QED) is 0.884. The Morgan fingerprint density at radius 2 is 1.80 bits per heavy atom. The Bertz CT molecular complexity index is 588. The van der Waals surface area contributed by atoms with Gasteiger partial charge in [-0.2, -0.15) is 0 Å². The summed E-state index contributed by atoms with van der Waals surface area (Å²) in [7, 11) is 0.848. The van der Waals surface area contributed by atoms with Gasteiger partial charge in [0, 0.05) is 15.4 Å². The first-order valence-electron chi connectivity index (χ1n) is 6.52. The van der Waals surface area contributed by atoms with Gasteiger partial charge in [-0.05, 0) is 37.7 Å². The van der Waals surface area contributed by atoms with E-state index in [2.05, 4.69) is 33.4 Å². The fourth-order valence-corrected chi connectivity index (χ4v) is 4.24. The SMILES string of the molecule is CNC(c1ccccc1)C(C)S(=O)c1cccc(Br)c1. The molecule has 3 unspecified atom stereocenters. The Labute approximate surface area is 131 Å². The summed E-state index contributed by atoms with van der Waals surface area (Å²) in [6.07, 6.45) is 0. The molecule has 106 valence electrons. The highest BCUT2D eigenvalue weighted by atomic mass is 79.9.